The van der Waals surface area contributed by atoms with Crippen molar-refractivity contribution in [2.24, 2.45) is 0 Å². The number of fused-ring (bicyclic) bond motifs is 4. The van der Waals surface area contributed by atoms with Crippen LogP contribution >= 0.6 is 0 Å². The molecule has 1 nitrogen and oxygen atoms in total. The first-order chi connectivity index (χ1) is 9.74. The van der Waals surface area contributed by atoms with Crippen molar-refractivity contribution < 1.29 is 4.58 Å². The van der Waals surface area contributed by atoms with Gasteiger partial charge in [-0.2, -0.15) is 0 Å². The maximum atomic E-state index is 2.44. The van der Waals surface area contributed by atoms with Crippen LogP contribution in [0.1, 0.15) is 44.6 Å². The molecule has 20 heavy (non-hydrogen) atoms. The Kier molecular flexibility index (Phi) is 2.54. The fourth-order valence-electron chi connectivity index (χ4n) is 4.49. The Morgan fingerprint density at radius 3 is 2.50 bits per heavy atom. The summed E-state index contributed by atoms with van der Waals surface area (Å²) in [6.07, 6.45) is 6.79. The van der Waals surface area contributed by atoms with E-state index in [1.54, 1.807) is 11.3 Å². The van der Waals surface area contributed by atoms with Gasteiger partial charge in [-0.25, -0.2) is 4.58 Å². The minimum Gasteiger partial charge on any atom is -0.202 e. The van der Waals surface area contributed by atoms with E-state index < -0.39 is 0 Å². The highest BCUT2D eigenvalue weighted by atomic mass is 15.0. The van der Waals surface area contributed by atoms with Crippen LogP contribution in [0.25, 0.3) is 10.8 Å². The SMILES string of the molecule is CC1=[N+](C)c2ccc3ccccc3c2C12CCCCC2. The first-order valence-corrected chi connectivity index (χ1v) is 7.84. The predicted molar refractivity (Wildman–Crippen MR) is 85.2 cm³/mol. The van der Waals surface area contributed by atoms with Crippen molar-refractivity contribution in [2.75, 3.05) is 7.05 Å². The second-order valence-electron chi connectivity index (χ2n) is 6.47. The fraction of sp³-hybridized carbons (Fsp3) is 0.421. The first-order valence-electron chi connectivity index (χ1n) is 7.84. The maximum absolute atomic E-state index is 2.44. The van der Waals surface area contributed by atoms with Crippen LogP contribution in [0.4, 0.5) is 5.69 Å². The van der Waals surface area contributed by atoms with E-state index >= 15 is 0 Å². The summed E-state index contributed by atoms with van der Waals surface area (Å²) in [7, 11) is 2.24. The summed E-state index contributed by atoms with van der Waals surface area (Å²) in [6.45, 7) is 2.35. The van der Waals surface area contributed by atoms with Gasteiger partial charge in [0.25, 0.3) is 0 Å². The monoisotopic (exact) mass is 264 g/mol. The van der Waals surface area contributed by atoms with Crippen molar-refractivity contribution in [3.05, 3.63) is 42.0 Å². The van der Waals surface area contributed by atoms with Crippen molar-refractivity contribution in [3.8, 4) is 0 Å². The molecule has 0 amide bonds. The topological polar surface area (TPSA) is 3.01 Å². The van der Waals surface area contributed by atoms with Crippen LogP contribution < -0.4 is 0 Å². The van der Waals surface area contributed by atoms with Crippen LogP contribution in [-0.4, -0.2) is 17.3 Å². The van der Waals surface area contributed by atoms with Crippen molar-refractivity contribution >= 4 is 22.2 Å². The molecule has 0 N–H and O–H groups in total. The Hall–Kier alpha value is -1.63. The predicted octanol–water partition coefficient (Wildman–Crippen LogP) is 4.79. The van der Waals surface area contributed by atoms with Gasteiger partial charge in [-0.15, -0.1) is 0 Å². The lowest BCUT2D eigenvalue weighted by Crippen LogP contribution is -2.35. The average molecular weight is 264 g/mol. The number of benzene rings is 2. The highest BCUT2D eigenvalue weighted by molar-refractivity contribution is 6.02. The van der Waals surface area contributed by atoms with Gasteiger partial charge in [0.2, 0.25) is 5.69 Å². The van der Waals surface area contributed by atoms with E-state index in [9.17, 15) is 0 Å². The molecule has 1 spiro atoms. The Labute approximate surface area is 120 Å². The smallest absolute Gasteiger partial charge is 0.202 e. The standard InChI is InChI=1S/C19H22N/c1-14-19(12-6-3-7-13-19)18-16-9-5-4-8-15(16)10-11-17(18)20(14)2/h4-5,8-11H,3,6-7,12-13H2,1-2H3/q+1. The second-order valence-corrected chi connectivity index (χ2v) is 6.47. The van der Waals surface area contributed by atoms with Gasteiger partial charge < -0.3 is 0 Å². The summed E-state index contributed by atoms with van der Waals surface area (Å²) in [4.78, 5) is 0. The van der Waals surface area contributed by atoms with Crippen LogP contribution in [0.3, 0.4) is 0 Å². The molecule has 0 aromatic heterocycles. The third kappa shape index (κ3) is 1.41. The van der Waals surface area contributed by atoms with Gasteiger partial charge in [-0.05, 0) is 29.7 Å². The summed E-state index contributed by atoms with van der Waals surface area (Å²) >= 11 is 0. The van der Waals surface area contributed by atoms with Crippen LogP contribution in [0, 0.1) is 0 Å². The van der Waals surface area contributed by atoms with E-state index in [0.717, 1.165) is 0 Å². The Morgan fingerprint density at radius 1 is 0.950 bits per heavy atom. The normalized spacial score (nSPS) is 20.7. The lowest BCUT2D eigenvalue weighted by molar-refractivity contribution is -0.403. The van der Waals surface area contributed by atoms with Crippen molar-refractivity contribution in [1.82, 2.24) is 0 Å². The molecule has 2 aromatic rings. The summed E-state index contributed by atoms with van der Waals surface area (Å²) in [5.41, 5.74) is 4.91. The third-order valence-corrected chi connectivity index (χ3v) is 5.65. The molecule has 1 aliphatic carbocycles. The van der Waals surface area contributed by atoms with Gasteiger partial charge in [0.05, 0.1) is 5.41 Å². The molecule has 1 heteroatoms. The molecule has 2 aliphatic rings. The fourth-order valence-corrected chi connectivity index (χ4v) is 4.49. The zero-order valence-corrected chi connectivity index (χ0v) is 12.4. The highest BCUT2D eigenvalue weighted by Crippen LogP contribution is 2.50. The van der Waals surface area contributed by atoms with Crippen LogP contribution in [0.15, 0.2) is 36.4 Å². The summed E-state index contributed by atoms with van der Waals surface area (Å²) < 4.78 is 2.44. The van der Waals surface area contributed by atoms with Crippen LogP contribution in [-0.2, 0) is 5.41 Å². The number of rotatable bonds is 0. The Balaban J connectivity index is 2.08. The molecule has 1 fully saturated rings. The molecule has 1 heterocycles. The van der Waals surface area contributed by atoms with Gasteiger partial charge in [0, 0.05) is 18.6 Å². The highest BCUT2D eigenvalue weighted by Gasteiger charge is 2.50. The van der Waals surface area contributed by atoms with Gasteiger partial charge in [-0.3, -0.25) is 0 Å². The molecule has 1 saturated carbocycles. The second kappa shape index (κ2) is 4.18. The van der Waals surface area contributed by atoms with Crippen molar-refractivity contribution in [2.45, 2.75) is 44.4 Å². The quantitative estimate of drug-likeness (QED) is 0.602. The molecular weight excluding hydrogens is 242 g/mol. The lowest BCUT2D eigenvalue weighted by atomic mass is 9.66. The van der Waals surface area contributed by atoms with Gasteiger partial charge in [-0.1, -0.05) is 43.5 Å². The molecule has 1 aliphatic heterocycles. The number of nitrogens with zero attached hydrogens (tertiary/aromatic N) is 1. The molecule has 0 saturated heterocycles. The molecule has 0 bridgehead atoms. The van der Waals surface area contributed by atoms with Crippen molar-refractivity contribution in [3.63, 3.8) is 0 Å². The zero-order valence-electron chi connectivity index (χ0n) is 12.4. The first kappa shape index (κ1) is 12.1. The Morgan fingerprint density at radius 2 is 1.70 bits per heavy atom. The van der Waals surface area contributed by atoms with Gasteiger partial charge in [0.15, 0.2) is 5.71 Å². The molecule has 102 valence electrons. The van der Waals surface area contributed by atoms with E-state index in [0.29, 0.717) is 5.41 Å². The largest absolute Gasteiger partial charge is 0.209 e. The number of hydrogen-bond acceptors (Lipinski definition) is 0. The summed E-state index contributed by atoms with van der Waals surface area (Å²) in [5, 5.41) is 2.86. The van der Waals surface area contributed by atoms with E-state index in [-0.39, 0.29) is 0 Å². The van der Waals surface area contributed by atoms with E-state index in [1.165, 1.54) is 48.6 Å². The lowest BCUT2D eigenvalue weighted by Gasteiger charge is -2.32. The molecular formula is C19H22N+. The Bertz CT molecular complexity index is 718. The van der Waals surface area contributed by atoms with E-state index in [1.807, 2.05) is 0 Å². The molecule has 0 unspecified atom stereocenters. The van der Waals surface area contributed by atoms with E-state index in [4.69, 9.17) is 0 Å². The molecule has 2 aromatic carbocycles. The third-order valence-electron chi connectivity index (χ3n) is 5.65. The van der Waals surface area contributed by atoms with Gasteiger partial charge in [0.1, 0.15) is 7.05 Å². The summed E-state index contributed by atoms with van der Waals surface area (Å²) in [5.74, 6) is 0. The van der Waals surface area contributed by atoms with Gasteiger partial charge >= 0.3 is 0 Å². The minimum absolute atomic E-state index is 0.309. The van der Waals surface area contributed by atoms with Crippen LogP contribution in [0.5, 0.6) is 0 Å². The maximum Gasteiger partial charge on any atom is 0.209 e. The van der Waals surface area contributed by atoms with E-state index in [2.05, 4.69) is 54.9 Å². The molecule has 0 atom stereocenters. The van der Waals surface area contributed by atoms with Crippen LogP contribution in [0.2, 0.25) is 0 Å². The zero-order chi connectivity index (χ0) is 13.7. The molecule has 4 rings (SSSR count). The van der Waals surface area contributed by atoms with Crippen molar-refractivity contribution in [1.29, 1.82) is 0 Å². The molecule has 0 radical (unpaired) electrons. The average Bonchev–Trinajstić information content (AvgIpc) is 2.71. The summed E-state index contributed by atoms with van der Waals surface area (Å²) in [6, 6.07) is 13.5. The minimum atomic E-state index is 0.309. The number of hydrogen-bond donors (Lipinski definition) is 0.